The molecular weight excluding hydrogens is 292 g/mol. The number of carbonyl (C=O) groups is 3. The van der Waals surface area contributed by atoms with Crippen molar-refractivity contribution in [2.45, 2.75) is 13.8 Å². The molecule has 2 amide bonds. The molecule has 0 aromatic heterocycles. The fraction of sp³-hybridized carbons (Fsp3) is 0.357. The van der Waals surface area contributed by atoms with Gasteiger partial charge in [0.25, 0.3) is 5.91 Å². The van der Waals surface area contributed by atoms with Gasteiger partial charge in [-0.05, 0) is 37.6 Å². The van der Waals surface area contributed by atoms with Gasteiger partial charge in [0.15, 0.2) is 0 Å². The van der Waals surface area contributed by atoms with Gasteiger partial charge in [-0.15, -0.1) is 11.8 Å². The molecular formula is C14H18N2O4S. The second kappa shape index (κ2) is 8.31. The smallest absolute Gasteiger partial charge is 0.313 e. The molecule has 3 N–H and O–H groups in total. The maximum Gasteiger partial charge on any atom is 0.313 e. The van der Waals surface area contributed by atoms with Crippen molar-refractivity contribution in [1.82, 2.24) is 5.32 Å². The van der Waals surface area contributed by atoms with E-state index in [2.05, 4.69) is 10.6 Å². The molecule has 0 atom stereocenters. The highest BCUT2D eigenvalue weighted by Crippen LogP contribution is 2.17. The number of thioether (sulfide) groups is 1. The average Bonchev–Trinajstić information content (AvgIpc) is 2.41. The van der Waals surface area contributed by atoms with E-state index in [4.69, 9.17) is 5.11 Å². The number of hydrogen-bond acceptors (Lipinski definition) is 4. The van der Waals surface area contributed by atoms with Gasteiger partial charge in [0.2, 0.25) is 5.91 Å². The Morgan fingerprint density at radius 2 is 1.95 bits per heavy atom. The Morgan fingerprint density at radius 1 is 1.24 bits per heavy atom. The van der Waals surface area contributed by atoms with E-state index in [1.54, 1.807) is 25.1 Å². The van der Waals surface area contributed by atoms with Crippen LogP contribution in [0.1, 0.15) is 22.8 Å². The van der Waals surface area contributed by atoms with E-state index in [1.807, 2.05) is 6.92 Å². The highest BCUT2D eigenvalue weighted by atomic mass is 32.2. The Kier molecular flexibility index (Phi) is 6.74. The van der Waals surface area contributed by atoms with Crippen LogP contribution in [0.15, 0.2) is 18.2 Å². The van der Waals surface area contributed by atoms with Gasteiger partial charge in [0.1, 0.15) is 0 Å². The first-order valence-corrected chi connectivity index (χ1v) is 7.57. The molecule has 1 aromatic rings. The number of amides is 2. The number of nitrogens with one attached hydrogen (secondary N) is 2. The fourth-order valence-electron chi connectivity index (χ4n) is 1.63. The summed E-state index contributed by atoms with van der Waals surface area (Å²) in [4.78, 5) is 33.7. The van der Waals surface area contributed by atoms with E-state index >= 15 is 0 Å². The van der Waals surface area contributed by atoms with E-state index in [0.29, 0.717) is 17.8 Å². The van der Waals surface area contributed by atoms with Crippen LogP contribution in [0.3, 0.4) is 0 Å². The van der Waals surface area contributed by atoms with Gasteiger partial charge in [0, 0.05) is 17.8 Å². The molecule has 0 aliphatic carbocycles. The van der Waals surface area contributed by atoms with E-state index in [9.17, 15) is 14.4 Å². The van der Waals surface area contributed by atoms with Crippen LogP contribution in [-0.2, 0) is 9.59 Å². The number of carboxylic acids is 1. The van der Waals surface area contributed by atoms with Gasteiger partial charge in [-0.2, -0.15) is 0 Å². The van der Waals surface area contributed by atoms with Crippen molar-refractivity contribution in [1.29, 1.82) is 0 Å². The predicted octanol–water partition coefficient (Wildman–Crippen LogP) is 1.50. The fourth-order valence-corrected chi connectivity index (χ4v) is 2.16. The Labute approximate surface area is 127 Å². The summed E-state index contributed by atoms with van der Waals surface area (Å²) >= 11 is 1.03. The maximum absolute atomic E-state index is 11.7. The average molecular weight is 310 g/mol. The van der Waals surface area contributed by atoms with Crippen molar-refractivity contribution in [2.75, 3.05) is 23.4 Å². The predicted molar refractivity (Wildman–Crippen MR) is 82.8 cm³/mol. The molecule has 0 fully saturated rings. The van der Waals surface area contributed by atoms with Crippen LogP contribution in [0.4, 0.5) is 5.69 Å². The Bertz CT molecular complexity index is 546. The molecule has 0 radical (unpaired) electrons. The van der Waals surface area contributed by atoms with E-state index in [1.165, 1.54) is 0 Å². The second-order valence-electron chi connectivity index (χ2n) is 4.32. The normalized spacial score (nSPS) is 10.0. The van der Waals surface area contributed by atoms with Crippen molar-refractivity contribution in [3.8, 4) is 0 Å². The minimum Gasteiger partial charge on any atom is -0.481 e. The van der Waals surface area contributed by atoms with Crippen molar-refractivity contribution < 1.29 is 19.5 Å². The van der Waals surface area contributed by atoms with Crippen LogP contribution in [0.2, 0.25) is 0 Å². The molecule has 0 bridgehead atoms. The number of aryl methyl sites for hydroxylation is 1. The highest BCUT2D eigenvalue weighted by Gasteiger charge is 2.09. The molecule has 1 rings (SSSR count). The van der Waals surface area contributed by atoms with Crippen LogP contribution >= 0.6 is 11.8 Å². The van der Waals surface area contributed by atoms with Crippen LogP contribution in [-0.4, -0.2) is 40.9 Å². The van der Waals surface area contributed by atoms with Crippen LogP contribution in [0.25, 0.3) is 0 Å². The summed E-state index contributed by atoms with van der Waals surface area (Å²) in [5.74, 6) is -1.41. The van der Waals surface area contributed by atoms with Crippen molar-refractivity contribution in [3.63, 3.8) is 0 Å². The Balaban J connectivity index is 2.62. The molecule has 0 aliphatic rings. The van der Waals surface area contributed by atoms with Gasteiger partial charge in [-0.1, -0.05) is 0 Å². The number of rotatable bonds is 7. The van der Waals surface area contributed by atoms with Crippen molar-refractivity contribution in [3.05, 3.63) is 29.3 Å². The third-order valence-electron chi connectivity index (χ3n) is 2.56. The third-order valence-corrected chi connectivity index (χ3v) is 3.48. The quantitative estimate of drug-likeness (QED) is 0.709. The molecule has 0 saturated carbocycles. The van der Waals surface area contributed by atoms with Gasteiger partial charge in [0.05, 0.1) is 11.5 Å². The van der Waals surface area contributed by atoms with Gasteiger partial charge in [-0.3, -0.25) is 14.4 Å². The number of benzene rings is 1. The van der Waals surface area contributed by atoms with Crippen LogP contribution in [0, 0.1) is 6.92 Å². The molecule has 21 heavy (non-hydrogen) atoms. The number of carbonyl (C=O) groups excluding carboxylic acids is 2. The summed E-state index contributed by atoms with van der Waals surface area (Å²) in [6.07, 6.45) is 0. The first kappa shape index (κ1) is 17.0. The Morgan fingerprint density at radius 3 is 2.52 bits per heavy atom. The minimum atomic E-state index is -0.949. The van der Waals surface area contributed by atoms with Crippen LogP contribution < -0.4 is 10.6 Å². The number of hydrogen-bond donors (Lipinski definition) is 3. The third kappa shape index (κ3) is 5.86. The number of anilines is 1. The SMILES string of the molecule is CCNC(=O)c1ccc(NC(=O)CSCC(=O)O)c(C)c1. The molecule has 0 spiro atoms. The highest BCUT2D eigenvalue weighted by molar-refractivity contribution is 8.00. The topological polar surface area (TPSA) is 95.5 Å². The summed E-state index contributed by atoms with van der Waals surface area (Å²) < 4.78 is 0. The monoisotopic (exact) mass is 310 g/mol. The van der Waals surface area contributed by atoms with Crippen LogP contribution in [0.5, 0.6) is 0 Å². The number of carboxylic acid groups (broad SMARTS) is 1. The van der Waals surface area contributed by atoms with E-state index in [-0.39, 0.29) is 23.3 Å². The van der Waals surface area contributed by atoms with Crippen molar-refractivity contribution >= 4 is 35.2 Å². The zero-order valence-corrected chi connectivity index (χ0v) is 12.8. The molecule has 0 heterocycles. The van der Waals surface area contributed by atoms with Gasteiger partial charge < -0.3 is 15.7 Å². The summed E-state index contributed by atoms with van der Waals surface area (Å²) in [6, 6.07) is 5.00. The van der Waals surface area contributed by atoms with E-state index in [0.717, 1.165) is 17.3 Å². The molecule has 0 saturated heterocycles. The van der Waals surface area contributed by atoms with Crippen molar-refractivity contribution in [2.24, 2.45) is 0 Å². The maximum atomic E-state index is 11.7. The lowest BCUT2D eigenvalue weighted by Gasteiger charge is -2.10. The summed E-state index contributed by atoms with van der Waals surface area (Å²) in [6.45, 7) is 4.19. The van der Waals surface area contributed by atoms with E-state index < -0.39 is 5.97 Å². The second-order valence-corrected chi connectivity index (χ2v) is 5.31. The molecule has 1 aromatic carbocycles. The lowest BCUT2D eigenvalue weighted by atomic mass is 10.1. The zero-order valence-electron chi connectivity index (χ0n) is 11.9. The Hall–Kier alpha value is -2.02. The van der Waals surface area contributed by atoms with Gasteiger partial charge in [-0.25, -0.2) is 0 Å². The molecule has 7 heteroatoms. The largest absolute Gasteiger partial charge is 0.481 e. The molecule has 6 nitrogen and oxygen atoms in total. The lowest BCUT2D eigenvalue weighted by Crippen LogP contribution is -2.23. The summed E-state index contributed by atoms with van der Waals surface area (Å²) in [5.41, 5.74) is 1.92. The standard InChI is InChI=1S/C14H18N2O4S/c1-3-15-14(20)10-4-5-11(9(2)6-10)16-12(17)7-21-8-13(18)19/h4-6H,3,7-8H2,1-2H3,(H,15,20)(H,16,17)(H,18,19). The molecule has 0 unspecified atom stereocenters. The first-order valence-electron chi connectivity index (χ1n) is 6.42. The summed E-state index contributed by atoms with van der Waals surface area (Å²) in [7, 11) is 0. The molecule has 114 valence electrons. The minimum absolute atomic E-state index is 0.0732. The summed E-state index contributed by atoms with van der Waals surface area (Å²) in [5, 5.41) is 13.9. The lowest BCUT2D eigenvalue weighted by molar-refractivity contribution is -0.133. The zero-order chi connectivity index (χ0) is 15.8. The molecule has 0 aliphatic heterocycles. The first-order chi connectivity index (χ1) is 9.93. The van der Waals surface area contributed by atoms with Gasteiger partial charge >= 0.3 is 5.97 Å². The number of aliphatic carboxylic acids is 1.